The number of hydrogen-bond donors (Lipinski definition) is 0. The van der Waals surface area contributed by atoms with Crippen LogP contribution in [0.3, 0.4) is 0 Å². The molecule has 1 atom stereocenters. The fourth-order valence-electron chi connectivity index (χ4n) is 3.87. The van der Waals surface area contributed by atoms with Crippen molar-refractivity contribution in [3.05, 3.63) is 106 Å². The molecule has 0 aliphatic heterocycles. The Morgan fingerprint density at radius 3 is 2.23 bits per heavy atom. The van der Waals surface area contributed by atoms with Gasteiger partial charge in [0.2, 0.25) is 0 Å². The molecule has 0 N–H and O–H groups in total. The van der Waals surface area contributed by atoms with Gasteiger partial charge in [0.1, 0.15) is 0 Å². The molecule has 0 aliphatic rings. The molecule has 0 fully saturated rings. The number of rotatable bonds is 6. The quantitative estimate of drug-likeness (QED) is 0.435. The van der Waals surface area contributed by atoms with Crippen LogP contribution < -0.4 is 0 Å². The van der Waals surface area contributed by atoms with Crippen molar-refractivity contribution in [3.8, 4) is 5.69 Å². The van der Waals surface area contributed by atoms with E-state index in [-0.39, 0.29) is 6.04 Å². The van der Waals surface area contributed by atoms with Crippen molar-refractivity contribution in [3.63, 3.8) is 0 Å². The molecule has 152 valence electrons. The van der Waals surface area contributed by atoms with Crippen molar-refractivity contribution in [1.29, 1.82) is 0 Å². The standard InChI is InChI=1S/C24H24ClN5/c1-17-8-7-9-18(2)22(17)30-24(26-27-28-30)23(20-12-14-21(25)15-13-20)29(3)16-19-10-5-4-6-11-19/h4-15,23H,16H2,1-3H3/t23-/m0/s1. The second-order valence-electron chi connectivity index (χ2n) is 7.54. The number of halogens is 1. The van der Waals surface area contributed by atoms with Gasteiger partial charge in [-0.3, -0.25) is 4.90 Å². The Morgan fingerprint density at radius 1 is 0.900 bits per heavy atom. The van der Waals surface area contributed by atoms with Crippen molar-refractivity contribution in [1.82, 2.24) is 25.1 Å². The first-order valence-electron chi connectivity index (χ1n) is 9.89. The molecule has 0 radical (unpaired) electrons. The molecule has 30 heavy (non-hydrogen) atoms. The predicted octanol–water partition coefficient (Wildman–Crippen LogP) is 5.15. The topological polar surface area (TPSA) is 46.8 Å². The zero-order valence-corrected chi connectivity index (χ0v) is 18.1. The summed E-state index contributed by atoms with van der Waals surface area (Å²) < 4.78 is 1.87. The zero-order chi connectivity index (χ0) is 21.1. The van der Waals surface area contributed by atoms with Crippen LogP contribution in [0.15, 0.2) is 72.8 Å². The average Bonchev–Trinajstić information content (AvgIpc) is 3.19. The summed E-state index contributed by atoms with van der Waals surface area (Å²) in [6, 6.07) is 24.4. The minimum absolute atomic E-state index is 0.142. The van der Waals surface area contributed by atoms with E-state index < -0.39 is 0 Å². The van der Waals surface area contributed by atoms with Crippen LogP contribution in [0.25, 0.3) is 5.69 Å². The van der Waals surface area contributed by atoms with Gasteiger partial charge < -0.3 is 0 Å². The van der Waals surface area contributed by atoms with Crippen LogP contribution in [0.2, 0.25) is 5.02 Å². The van der Waals surface area contributed by atoms with Crippen molar-refractivity contribution in [2.45, 2.75) is 26.4 Å². The predicted molar refractivity (Wildman–Crippen MR) is 120 cm³/mol. The molecule has 1 heterocycles. The van der Waals surface area contributed by atoms with E-state index in [4.69, 9.17) is 11.6 Å². The van der Waals surface area contributed by atoms with Crippen LogP contribution in [0.1, 0.15) is 34.1 Å². The molecular formula is C24H24ClN5. The van der Waals surface area contributed by atoms with Gasteiger partial charge in [-0.05, 0) is 65.7 Å². The minimum Gasteiger partial charge on any atom is -0.288 e. The van der Waals surface area contributed by atoms with E-state index in [0.29, 0.717) is 5.02 Å². The molecule has 0 bridgehead atoms. The van der Waals surface area contributed by atoms with E-state index in [1.807, 2.05) is 35.0 Å². The van der Waals surface area contributed by atoms with Gasteiger partial charge in [-0.25, -0.2) is 0 Å². The molecule has 0 spiro atoms. The first kappa shape index (κ1) is 20.3. The maximum Gasteiger partial charge on any atom is 0.178 e. The van der Waals surface area contributed by atoms with E-state index in [1.165, 1.54) is 5.56 Å². The Hall–Kier alpha value is -3.02. The minimum atomic E-state index is -0.142. The number of benzene rings is 3. The molecular weight excluding hydrogens is 394 g/mol. The van der Waals surface area contributed by atoms with E-state index in [0.717, 1.165) is 34.7 Å². The third-order valence-corrected chi connectivity index (χ3v) is 5.54. The zero-order valence-electron chi connectivity index (χ0n) is 17.3. The van der Waals surface area contributed by atoms with Crippen LogP contribution >= 0.6 is 11.6 Å². The molecule has 1 aromatic heterocycles. The van der Waals surface area contributed by atoms with E-state index in [2.05, 4.69) is 83.8 Å². The van der Waals surface area contributed by atoms with Gasteiger partial charge in [-0.15, -0.1) is 5.10 Å². The fourth-order valence-corrected chi connectivity index (χ4v) is 4.00. The molecule has 0 unspecified atom stereocenters. The molecule has 3 aromatic carbocycles. The Kier molecular flexibility index (Phi) is 5.93. The summed E-state index contributed by atoms with van der Waals surface area (Å²) in [6.07, 6.45) is 0. The second kappa shape index (κ2) is 8.78. The monoisotopic (exact) mass is 417 g/mol. The first-order valence-corrected chi connectivity index (χ1v) is 10.3. The van der Waals surface area contributed by atoms with Gasteiger partial charge in [0, 0.05) is 11.6 Å². The Labute approximate surface area is 181 Å². The molecule has 0 amide bonds. The molecule has 4 rings (SSSR count). The Balaban J connectivity index is 1.81. The van der Waals surface area contributed by atoms with E-state index >= 15 is 0 Å². The summed E-state index contributed by atoms with van der Waals surface area (Å²) >= 11 is 6.16. The number of tetrazole rings is 1. The van der Waals surface area contributed by atoms with Gasteiger partial charge >= 0.3 is 0 Å². The number of aromatic nitrogens is 4. The van der Waals surface area contributed by atoms with Crippen molar-refractivity contribution < 1.29 is 0 Å². The molecule has 5 nitrogen and oxygen atoms in total. The van der Waals surface area contributed by atoms with Crippen molar-refractivity contribution in [2.24, 2.45) is 0 Å². The molecule has 4 aromatic rings. The summed E-state index contributed by atoms with van der Waals surface area (Å²) in [5.74, 6) is 0.771. The van der Waals surface area contributed by atoms with Gasteiger partial charge in [-0.1, -0.05) is 72.3 Å². The third-order valence-electron chi connectivity index (χ3n) is 5.29. The van der Waals surface area contributed by atoms with Gasteiger partial charge in [0.25, 0.3) is 0 Å². The maximum absolute atomic E-state index is 6.16. The lowest BCUT2D eigenvalue weighted by Gasteiger charge is -2.28. The highest BCUT2D eigenvalue weighted by atomic mass is 35.5. The number of aryl methyl sites for hydroxylation is 2. The third kappa shape index (κ3) is 4.13. The molecule has 0 aliphatic carbocycles. The highest BCUT2D eigenvalue weighted by Gasteiger charge is 2.27. The van der Waals surface area contributed by atoms with Crippen LogP contribution in [0.5, 0.6) is 0 Å². The summed E-state index contributed by atoms with van der Waals surface area (Å²) in [6.45, 7) is 4.92. The van der Waals surface area contributed by atoms with E-state index in [1.54, 1.807) is 0 Å². The summed E-state index contributed by atoms with van der Waals surface area (Å²) in [5.41, 5.74) is 5.59. The van der Waals surface area contributed by atoms with E-state index in [9.17, 15) is 0 Å². The molecule has 0 saturated heterocycles. The number of nitrogens with zero attached hydrogens (tertiary/aromatic N) is 5. The Morgan fingerprint density at radius 2 is 1.57 bits per heavy atom. The summed E-state index contributed by atoms with van der Waals surface area (Å²) in [7, 11) is 2.09. The summed E-state index contributed by atoms with van der Waals surface area (Å²) in [5, 5.41) is 13.6. The lowest BCUT2D eigenvalue weighted by atomic mass is 10.0. The highest BCUT2D eigenvalue weighted by Crippen LogP contribution is 2.30. The first-order chi connectivity index (χ1) is 14.5. The lowest BCUT2D eigenvalue weighted by Crippen LogP contribution is -2.28. The summed E-state index contributed by atoms with van der Waals surface area (Å²) in [4.78, 5) is 2.26. The van der Waals surface area contributed by atoms with Crippen LogP contribution in [0.4, 0.5) is 0 Å². The average molecular weight is 418 g/mol. The number of hydrogen-bond acceptors (Lipinski definition) is 4. The fraction of sp³-hybridized carbons (Fsp3) is 0.208. The second-order valence-corrected chi connectivity index (χ2v) is 7.98. The van der Waals surface area contributed by atoms with Crippen molar-refractivity contribution >= 4 is 11.6 Å². The molecule has 0 saturated carbocycles. The number of para-hydroxylation sites is 1. The van der Waals surface area contributed by atoms with Crippen molar-refractivity contribution in [2.75, 3.05) is 7.05 Å². The smallest absolute Gasteiger partial charge is 0.178 e. The maximum atomic E-state index is 6.16. The van der Waals surface area contributed by atoms with Gasteiger partial charge in [0.15, 0.2) is 5.82 Å². The SMILES string of the molecule is Cc1cccc(C)c1-n1nnnc1[C@H](c1ccc(Cl)cc1)N(C)Cc1ccccc1. The van der Waals surface area contributed by atoms with Crippen LogP contribution in [-0.2, 0) is 6.54 Å². The lowest BCUT2D eigenvalue weighted by molar-refractivity contribution is 0.258. The Bertz CT molecular complexity index is 1100. The van der Waals surface area contributed by atoms with Gasteiger partial charge in [-0.2, -0.15) is 4.68 Å². The molecule has 6 heteroatoms. The largest absolute Gasteiger partial charge is 0.288 e. The van der Waals surface area contributed by atoms with Crippen LogP contribution in [0, 0.1) is 13.8 Å². The highest BCUT2D eigenvalue weighted by molar-refractivity contribution is 6.30. The normalized spacial score (nSPS) is 12.3. The van der Waals surface area contributed by atoms with Crippen LogP contribution in [-0.4, -0.2) is 32.2 Å². The van der Waals surface area contributed by atoms with Gasteiger partial charge in [0.05, 0.1) is 11.7 Å².